The fraction of sp³-hybridized carbons (Fsp3) is 0.559. The van der Waals surface area contributed by atoms with Gasteiger partial charge in [-0.15, -0.1) is 0 Å². The Morgan fingerprint density at radius 2 is 1.98 bits per heavy atom. The monoisotopic (exact) mass is 620 g/mol. The maximum atomic E-state index is 14.2. The quantitative estimate of drug-likeness (QED) is 0.370. The Kier molecular flexibility index (Phi) is 9.65. The van der Waals surface area contributed by atoms with Crippen LogP contribution in [0.4, 0.5) is 4.79 Å². The number of hydrogen-bond acceptors (Lipinski definition) is 8. The number of amides is 3. The van der Waals surface area contributed by atoms with E-state index in [9.17, 15) is 19.2 Å². The molecule has 2 aliphatic heterocycles. The molecule has 3 aliphatic rings. The molecule has 0 unspecified atom stereocenters. The second kappa shape index (κ2) is 13.5. The van der Waals surface area contributed by atoms with E-state index >= 15 is 0 Å². The number of aromatic nitrogens is 1. The molecule has 1 saturated carbocycles. The largest absolute Gasteiger partial charge is 0.488 e. The van der Waals surface area contributed by atoms with E-state index in [4.69, 9.17) is 14.2 Å². The molecule has 2 N–H and O–H groups in total. The van der Waals surface area contributed by atoms with Gasteiger partial charge in [0.05, 0.1) is 13.2 Å². The highest BCUT2D eigenvalue weighted by Gasteiger charge is 2.62. The van der Waals surface area contributed by atoms with Gasteiger partial charge in [0.1, 0.15) is 35.1 Å². The molecule has 2 aromatic rings. The van der Waals surface area contributed by atoms with E-state index in [0.717, 1.165) is 30.0 Å². The number of allylic oxidation sites excluding steroid dienone is 1. The van der Waals surface area contributed by atoms with Crippen molar-refractivity contribution < 1.29 is 33.4 Å². The number of hydrogen-bond donors (Lipinski definition) is 2. The van der Waals surface area contributed by atoms with Crippen LogP contribution in [0.5, 0.6) is 5.75 Å². The number of rotatable bonds is 5. The smallest absolute Gasteiger partial charge is 0.408 e. The number of fused-ring (bicyclic) bond motifs is 3. The first-order valence-electron chi connectivity index (χ1n) is 16.0. The number of pyridine rings is 1. The van der Waals surface area contributed by atoms with Crippen LogP contribution in [-0.4, -0.2) is 76.2 Å². The Balaban J connectivity index is 1.45. The van der Waals surface area contributed by atoms with E-state index in [1.807, 2.05) is 36.4 Å². The third-order valence-corrected chi connectivity index (χ3v) is 8.51. The van der Waals surface area contributed by atoms with Crippen molar-refractivity contribution in [3.63, 3.8) is 0 Å². The normalized spacial score (nSPS) is 28.0. The average molecular weight is 621 g/mol. The van der Waals surface area contributed by atoms with Crippen LogP contribution < -0.4 is 15.4 Å². The maximum Gasteiger partial charge on any atom is 0.408 e. The van der Waals surface area contributed by atoms with Gasteiger partial charge in [-0.25, -0.2) is 9.59 Å². The number of alkyl carbamates (subject to hydrolysis) is 1. The summed E-state index contributed by atoms with van der Waals surface area (Å²) < 4.78 is 17.3. The van der Waals surface area contributed by atoms with E-state index in [-0.39, 0.29) is 25.5 Å². The Labute approximate surface area is 264 Å². The number of benzene rings is 1. The Bertz CT molecular complexity index is 1450. The topological polar surface area (TPSA) is 136 Å². The number of ether oxygens (including phenoxy) is 3. The Hall–Kier alpha value is -4.15. The lowest BCUT2D eigenvalue weighted by Gasteiger charge is -2.30. The fourth-order valence-electron chi connectivity index (χ4n) is 6.21. The minimum atomic E-state index is -1.17. The summed E-state index contributed by atoms with van der Waals surface area (Å²) in [5.74, 6) is -0.914. The zero-order valence-corrected chi connectivity index (χ0v) is 26.5. The van der Waals surface area contributed by atoms with E-state index in [1.165, 1.54) is 4.90 Å². The maximum absolute atomic E-state index is 14.2. The minimum Gasteiger partial charge on any atom is -0.488 e. The van der Waals surface area contributed by atoms with Gasteiger partial charge in [-0.2, -0.15) is 0 Å². The van der Waals surface area contributed by atoms with Crippen molar-refractivity contribution in [3.05, 3.63) is 48.8 Å². The summed E-state index contributed by atoms with van der Waals surface area (Å²) in [5, 5.41) is 7.52. The van der Waals surface area contributed by atoms with Crippen LogP contribution in [0.15, 0.2) is 48.8 Å². The van der Waals surface area contributed by atoms with Crippen LogP contribution in [0.2, 0.25) is 0 Å². The summed E-state index contributed by atoms with van der Waals surface area (Å²) in [6.45, 7) is 7.32. The first-order chi connectivity index (χ1) is 21.5. The molecular formula is C34H44N4O7. The molecule has 3 heterocycles. The van der Waals surface area contributed by atoms with Crippen molar-refractivity contribution in [2.24, 2.45) is 5.92 Å². The van der Waals surface area contributed by atoms with Crippen LogP contribution in [0, 0.1) is 5.92 Å². The van der Waals surface area contributed by atoms with E-state index in [1.54, 1.807) is 40.1 Å². The van der Waals surface area contributed by atoms with Crippen LogP contribution in [0.1, 0.15) is 72.6 Å². The summed E-state index contributed by atoms with van der Waals surface area (Å²) in [6, 6.07) is 5.74. The lowest BCUT2D eigenvalue weighted by atomic mass is 10.0. The standard InChI is InChI=1S/C34H44N4O7/c1-5-43-31(41)34-19-23(34)13-9-7-6-8-10-14-26(36-32(42)45-33(2,3)4)30(40)38-21-24(18-27(38)29(39)37-34)44-28-15-11-12-22-16-17-35-20-25(22)28/h9,11-13,15-17,20,23-24,26-27H,5-8,10,14,18-19,21H2,1-4H3,(H,36,42)(H,37,39)/b13-9-/t23-,24-,26+,27+,34-/m1/s1. The molecule has 0 spiro atoms. The molecule has 2 fully saturated rings. The van der Waals surface area contributed by atoms with E-state index in [0.29, 0.717) is 25.0 Å². The zero-order valence-electron chi connectivity index (χ0n) is 26.5. The molecular weight excluding hydrogens is 576 g/mol. The second-order valence-electron chi connectivity index (χ2n) is 13.1. The highest BCUT2D eigenvalue weighted by atomic mass is 16.6. The van der Waals surface area contributed by atoms with Crippen LogP contribution in [0.3, 0.4) is 0 Å². The van der Waals surface area contributed by atoms with Gasteiger partial charge in [0.25, 0.3) is 0 Å². The predicted molar refractivity (Wildman–Crippen MR) is 167 cm³/mol. The average Bonchev–Trinajstić information content (AvgIpc) is 3.51. The van der Waals surface area contributed by atoms with Gasteiger partial charge in [0.2, 0.25) is 11.8 Å². The molecule has 11 nitrogen and oxygen atoms in total. The molecule has 1 aromatic heterocycles. The summed E-state index contributed by atoms with van der Waals surface area (Å²) in [4.78, 5) is 60.0. The summed E-state index contributed by atoms with van der Waals surface area (Å²) in [7, 11) is 0. The Morgan fingerprint density at radius 3 is 2.76 bits per heavy atom. The van der Waals surface area contributed by atoms with Crippen molar-refractivity contribution in [1.82, 2.24) is 20.5 Å². The second-order valence-corrected chi connectivity index (χ2v) is 13.1. The van der Waals surface area contributed by atoms with Crippen molar-refractivity contribution in [3.8, 4) is 5.75 Å². The van der Waals surface area contributed by atoms with Gasteiger partial charge < -0.3 is 29.7 Å². The SMILES string of the molecule is CCOC(=O)[C@@]12C[C@H]1/C=C\CCCCC[C@H](NC(=O)OC(C)(C)C)C(=O)N1C[C@H](Oc3cccc4ccncc34)C[C@H]1C(=O)N2. The van der Waals surface area contributed by atoms with Crippen LogP contribution in [0.25, 0.3) is 10.8 Å². The fourth-order valence-corrected chi connectivity index (χ4v) is 6.21. The first kappa shape index (κ1) is 32.2. The third-order valence-electron chi connectivity index (χ3n) is 8.51. The van der Waals surface area contributed by atoms with Gasteiger partial charge in [0, 0.05) is 30.1 Å². The zero-order chi connectivity index (χ0) is 32.2. The van der Waals surface area contributed by atoms with Crippen LogP contribution >= 0.6 is 0 Å². The number of esters is 1. The lowest BCUT2D eigenvalue weighted by molar-refractivity contribution is -0.150. The minimum absolute atomic E-state index is 0.121. The third kappa shape index (κ3) is 7.57. The van der Waals surface area contributed by atoms with Gasteiger partial charge >= 0.3 is 12.1 Å². The highest BCUT2D eigenvalue weighted by molar-refractivity contribution is 5.96. The molecule has 1 aliphatic carbocycles. The summed E-state index contributed by atoms with van der Waals surface area (Å²) in [6.07, 6.45) is 10.5. The molecule has 5 rings (SSSR count). The summed E-state index contributed by atoms with van der Waals surface area (Å²) >= 11 is 0. The molecule has 0 bridgehead atoms. The molecule has 1 aromatic carbocycles. The van der Waals surface area contributed by atoms with Crippen LogP contribution in [-0.2, 0) is 23.9 Å². The van der Waals surface area contributed by atoms with Gasteiger partial charge in [0.15, 0.2) is 0 Å². The predicted octanol–water partition coefficient (Wildman–Crippen LogP) is 4.43. The molecule has 5 atom stereocenters. The molecule has 0 radical (unpaired) electrons. The summed E-state index contributed by atoms with van der Waals surface area (Å²) in [5.41, 5.74) is -1.92. The molecule has 1 saturated heterocycles. The van der Waals surface area contributed by atoms with Crippen molar-refractivity contribution in [2.45, 2.75) is 102 Å². The molecule has 242 valence electrons. The molecule has 11 heteroatoms. The Morgan fingerprint density at radius 1 is 1.16 bits per heavy atom. The number of nitrogens with zero attached hydrogens (tertiary/aromatic N) is 2. The van der Waals surface area contributed by atoms with E-state index < -0.39 is 53.2 Å². The molecule has 45 heavy (non-hydrogen) atoms. The van der Waals surface area contributed by atoms with E-state index in [2.05, 4.69) is 15.6 Å². The van der Waals surface area contributed by atoms with Crippen molar-refractivity contribution in [1.29, 1.82) is 0 Å². The number of carbonyl (C=O) groups is 4. The van der Waals surface area contributed by atoms with Crippen molar-refractivity contribution >= 4 is 34.6 Å². The van der Waals surface area contributed by atoms with Crippen molar-refractivity contribution in [2.75, 3.05) is 13.2 Å². The van der Waals surface area contributed by atoms with Gasteiger partial charge in [-0.3, -0.25) is 14.6 Å². The lowest BCUT2D eigenvalue weighted by Crippen LogP contribution is -2.56. The van der Waals surface area contributed by atoms with Gasteiger partial charge in [-0.1, -0.05) is 37.1 Å². The highest BCUT2D eigenvalue weighted by Crippen LogP contribution is 2.46. The van der Waals surface area contributed by atoms with Gasteiger partial charge in [-0.05, 0) is 70.9 Å². The number of nitrogens with one attached hydrogen (secondary N) is 2. The number of carbonyl (C=O) groups excluding carboxylic acids is 4. The first-order valence-corrected chi connectivity index (χ1v) is 16.0. The molecule has 3 amide bonds.